The molecule has 2 N–H and O–H groups in total. The lowest BCUT2D eigenvalue weighted by atomic mass is 9.83. The van der Waals surface area contributed by atoms with E-state index in [9.17, 15) is 13.6 Å². The molecule has 0 saturated carbocycles. The fourth-order valence-electron chi connectivity index (χ4n) is 3.37. The average molecular weight is 412 g/mol. The third-order valence-corrected chi connectivity index (χ3v) is 4.93. The first kappa shape index (κ1) is 19.5. The standard InChI is InChI=1S/C20H15F3N6O/c1-29-18(30)20(28-19(29)24,17-6-11(9-21)2-4-25-17)14-7-13(15(22)8-16(14)23)12-3-5-26-27-10-12/h2-8,10H,9H2,1H3,(H2,24,28). The lowest BCUT2D eigenvalue weighted by Crippen LogP contribution is -2.42. The van der Waals surface area contributed by atoms with Gasteiger partial charge in [-0.3, -0.25) is 14.7 Å². The smallest absolute Gasteiger partial charge is 0.268 e. The Hall–Kier alpha value is -3.82. The third-order valence-electron chi connectivity index (χ3n) is 4.93. The van der Waals surface area contributed by atoms with Crippen molar-refractivity contribution in [3.63, 3.8) is 0 Å². The molecule has 2 aromatic heterocycles. The van der Waals surface area contributed by atoms with Crippen LogP contribution in [0.4, 0.5) is 13.2 Å². The molecule has 0 aliphatic carbocycles. The molecule has 0 radical (unpaired) electrons. The lowest BCUT2D eigenvalue weighted by molar-refractivity contribution is -0.129. The van der Waals surface area contributed by atoms with Gasteiger partial charge >= 0.3 is 0 Å². The molecule has 1 aromatic carbocycles. The Morgan fingerprint density at radius 2 is 1.90 bits per heavy atom. The highest BCUT2D eigenvalue weighted by atomic mass is 19.1. The number of alkyl halides is 1. The van der Waals surface area contributed by atoms with Gasteiger partial charge in [0.25, 0.3) is 5.91 Å². The van der Waals surface area contributed by atoms with Crippen LogP contribution in [0.5, 0.6) is 0 Å². The summed E-state index contributed by atoms with van der Waals surface area (Å²) in [5.74, 6) is -2.76. The summed E-state index contributed by atoms with van der Waals surface area (Å²) < 4.78 is 42.9. The van der Waals surface area contributed by atoms with E-state index in [0.29, 0.717) is 11.6 Å². The highest BCUT2D eigenvalue weighted by molar-refractivity contribution is 6.08. The average Bonchev–Trinajstić information content (AvgIpc) is 2.99. The molecule has 1 unspecified atom stereocenters. The molecule has 1 aliphatic rings. The molecule has 152 valence electrons. The van der Waals surface area contributed by atoms with Crippen LogP contribution >= 0.6 is 0 Å². The van der Waals surface area contributed by atoms with Gasteiger partial charge in [-0.25, -0.2) is 18.2 Å². The number of aliphatic imine (C=N–C) groups is 1. The summed E-state index contributed by atoms with van der Waals surface area (Å²) in [6.45, 7) is -0.825. The molecule has 10 heteroatoms. The first-order valence-electron chi connectivity index (χ1n) is 8.80. The number of nitrogens with zero attached hydrogens (tertiary/aromatic N) is 5. The van der Waals surface area contributed by atoms with Crippen LogP contribution in [0.3, 0.4) is 0 Å². The van der Waals surface area contributed by atoms with Crippen LogP contribution in [-0.2, 0) is 17.0 Å². The number of hydrogen-bond donors (Lipinski definition) is 1. The molecule has 3 aromatic rings. The van der Waals surface area contributed by atoms with E-state index >= 15 is 4.39 Å². The second kappa shape index (κ2) is 7.21. The minimum atomic E-state index is -2.03. The first-order chi connectivity index (χ1) is 14.4. The number of benzene rings is 1. The fourth-order valence-corrected chi connectivity index (χ4v) is 3.37. The zero-order valence-electron chi connectivity index (χ0n) is 15.7. The van der Waals surface area contributed by atoms with Crippen LogP contribution in [0.15, 0.2) is 53.9 Å². The number of pyridine rings is 1. The van der Waals surface area contributed by atoms with Crippen molar-refractivity contribution in [3.8, 4) is 11.1 Å². The number of nitrogens with two attached hydrogens (primary N) is 1. The molecule has 1 aliphatic heterocycles. The molecule has 0 spiro atoms. The van der Waals surface area contributed by atoms with Gasteiger partial charge in [0, 0.05) is 36.0 Å². The van der Waals surface area contributed by atoms with Crippen molar-refractivity contribution in [2.24, 2.45) is 10.7 Å². The summed E-state index contributed by atoms with van der Waals surface area (Å²) in [4.78, 5) is 22.6. The van der Waals surface area contributed by atoms with Gasteiger partial charge in [-0.15, -0.1) is 0 Å². The van der Waals surface area contributed by atoms with E-state index in [-0.39, 0.29) is 28.3 Å². The van der Waals surface area contributed by atoms with Crippen molar-refractivity contribution in [1.29, 1.82) is 0 Å². The second-order valence-corrected chi connectivity index (χ2v) is 6.67. The predicted octanol–water partition coefficient (Wildman–Crippen LogP) is 2.32. The minimum Gasteiger partial charge on any atom is -0.369 e. The first-order valence-corrected chi connectivity index (χ1v) is 8.80. The molecule has 30 heavy (non-hydrogen) atoms. The predicted molar refractivity (Wildman–Crippen MR) is 102 cm³/mol. The Kier molecular flexibility index (Phi) is 4.69. The van der Waals surface area contributed by atoms with Crippen LogP contribution in [-0.4, -0.2) is 39.0 Å². The quantitative estimate of drug-likeness (QED) is 0.709. The molecule has 0 fully saturated rings. The van der Waals surface area contributed by atoms with E-state index in [1.54, 1.807) is 0 Å². The molecule has 0 bridgehead atoms. The Balaban J connectivity index is 2.03. The van der Waals surface area contributed by atoms with Crippen molar-refractivity contribution < 1.29 is 18.0 Å². The number of likely N-dealkylation sites (N-methyl/N-ethyl adjacent to an activating group) is 1. The maximum atomic E-state index is 15.1. The number of guanidine groups is 1. The Labute approximate surface area is 169 Å². The number of aromatic nitrogens is 3. The Bertz CT molecular complexity index is 1170. The zero-order chi connectivity index (χ0) is 21.5. The van der Waals surface area contributed by atoms with Gasteiger partial charge in [0.05, 0.1) is 18.1 Å². The summed E-state index contributed by atoms with van der Waals surface area (Å²) in [5.41, 5.74) is 4.05. The van der Waals surface area contributed by atoms with Gasteiger partial charge in [-0.1, -0.05) is 0 Å². The van der Waals surface area contributed by atoms with Crippen molar-refractivity contribution in [1.82, 2.24) is 20.1 Å². The molecule has 1 atom stereocenters. The third kappa shape index (κ3) is 2.88. The van der Waals surface area contributed by atoms with Crippen LogP contribution in [0.1, 0.15) is 16.8 Å². The zero-order valence-corrected chi connectivity index (χ0v) is 15.7. The second-order valence-electron chi connectivity index (χ2n) is 6.67. The van der Waals surface area contributed by atoms with E-state index in [0.717, 1.165) is 4.90 Å². The van der Waals surface area contributed by atoms with Gasteiger partial charge in [-0.2, -0.15) is 10.2 Å². The van der Waals surface area contributed by atoms with Gasteiger partial charge < -0.3 is 5.73 Å². The van der Waals surface area contributed by atoms with Gasteiger partial charge in [0.2, 0.25) is 5.54 Å². The largest absolute Gasteiger partial charge is 0.369 e. The summed E-state index contributed by atoms with van der Waals surface area (Å²) in [5, 5.41) is 7.34. The number of hydrogen-bond acceptors (Lipinski definition) is 6. The highest BCUT2D eigenvalue weighted by Gasteiger charge is 2.52. The minimum absolute atomic E-state index is 0.0153. The van der Waals surface area contributed by atoms with Crippen LogP contribution in [0, 0.1) is 11.6 Å². The molecule has 4 rings (SSSR count). The normalized spacial score (nSPS) is 18.6. The van der Waals surface area contributed by atoms with Gasteiger partial charge in [0.1, 0.15) is 18.3 Å². The topological polar surface area (TPSA) is 97.4 Å². The summed E-state index contributed by atoms with van der Waals surface area (Å²) >= 11 is 0. The number of carbonyl (C=O) groups excluding carboxylic acids is 1. The van der Waals surface area contributed by atoms with Crippen LogP contribution in [0.2, 0.25) is 0 Å². The SMILES string of the molecule is CN1C(=O)C(c2cc(CF)ccn2)(c2cc(-c3ccnnc3)c(F)cc2F)N=C1N. The summed E-state index contributed by atoms with van der Waals surface area (Å²) in [6.07, 6.45) is 3.94. The Morgan fingerprint density at radius 3 is 2.53 bits per heavy atom. The van der Waals surface area contributed by atoms with E-state index < -0.39 is 29.8 Å². The maximum Gasteiger partial charge on any atom is 0.268 e. The number of halogens is 3. The summed E-state index contributed by atoms with van der Waals surface area (Å²) in [6, 6.07) is 6.04. The molecular formula is C20H15F3N6O. The van der Waals surface area contributed by atoms with Gasteiger partial charge in [0.15, 0.2) is 5.96 Å². The molecular weight excluding hydrogens is 397 g/mol. The van der Waals surface area contributed by atoms with E-state index in [1.165, 1.54) is 49.9 Å². The van der Waals surface area contributed by atoms with Crippen LogP contribution < -0.4 is 5.73 Å². The van der Waals surface area contributed by atoms with Crippen molar-refractivity contribution >= 4 is 11.9 Å². The molecule has 0 saturated heterocycles. The Morgan fingerprint density at radius 1 is 1.10 bits per heavy atom. The highest BCUT2D eigenvalue weighted by Crippen LogP contribution is 2.41. The fraction of sp³-hybridized carbons (Fsp3) is 0.150. The monoisotopic (exact) mass is 412 g/mol. The van der Waals surface area contributed by atoms with Crippen molar-refractivity contribution in [2.45, 2.75) is 12.2 Å². The maximum absolute atomic E-state index is 15.1. The number of amides is 1. The molecule has 1 amide bonds. The lowest BCUT2D eigenvalue weighted by Gasteiger charge is -2.26. The van der Waals surface area contributed by atoms with Gasteiger partial charge in [-0.05, 0) is 29.8 Å². The van der Waals surface area contributed by atoms with Crippen LogP contribution in [0.25, 0.3) is 11.1 Å². The van der Waals surface area contributed by atoms with Crippen molar-refractivity contribution in [2.75, 3.05) is 7.05 Å². The summed E-state index contributed by atoms with van der Waals surface area (Å²) in [7, 11) is 1.37. The molecule has 3 heterocycles. The number of carbonyl (C=O) groups is 1. The van der Waals surface area contributed by atoms with E-state index in [1.807, 2.05) is 0 Å². The number of rotatable bonds is 4. The van der Waals surface area contributed by atoms with E-state index in [2.05, 4.69) is 20.2 Å². The molecule has 7 nitrogen and oxygen atoms in total. The van der Waals surface area contributed by atoms with Crippen molar-refractivity contribution in [3.05, 3.63) is 77.4 Å². The van der Waals surface area contributed by atoms with E-state index in [4.69, 9.17) is 5.73 Å².